The lowest BCUT2D eigenvalue weighted by Crippen LogP contribution is -2.42. The zero-order valence-corrected chi connectivity index (χ0v) is 14.4. The van der Waals surface area contributed by atoms with Gasteiger partial charge in [0.15, 0.2) is 0 Å². The summed E-state index contributed by atoms with van der Waals surface area (Å²) in [5.74, 6) is 0.0198. The summed E-state index contributed by atoms with van der Waals surface area (Å²) in [5.41, 5.74) is 2.40. The van der Waals surface area contributed by atoms with E-state index in [1.54, 1.807) is 7.11 Å². The number of rotatable bonds is 9. The van der Waals surface area contributed by atoms with Crippen LogP contribution >= 0.6 is 0 Å². The summed E-state index contributed by atoms with van der Waals surface area (Å²) in [6.07, 6.45) is 0. The molecule has 2 aromatic rings. The lowest BCUT2D eigenvalue weighted by Gasteiger charge is -2.23. The highest BCUT2D eigenvalue weighted by atomic mass is 16.5. The van der Waals surface area contributed by atoms with Gasteiger partial charge in [-0.25, -0.2) is 0 Å². The largest absolute Gasteiger partial charge is 0.383 e. The third kappa shape index (κ3) is 6.52. The zero-order chi connectivity index (χ0) is 17.2. The first-order chi connectivity index (χ1) is 11.7. The normalized spacial score (nSPS) is 12.1. The number of amides is 1. The number of nitrogens with one attached hydrogen (secondary N) is 1. The van der Waals surface area contributed by atoms with Gasteiger partial charge in [0.1, 0.15) is 0 Å². The number of ether oxygens (including phenoxy) is 1. The van der Waals surface area contributed by atoms with Gasteiger partial charge in [0.2, 0.25) is 5.91 Å². The van der Waals surface area contributed by atoms with Crippen molar-refractivity contribution in [2.24, 2.45) is 0 Å². The number of carbonyl (C=O) groups is 1. The summed E-state index contributed by atoms with van der Waals surface area (Å²) in [6, 6.07) is 20.5. The Kier molecular flexibility index (Phi) is 7.46. The van der Waals surface area contributed by atoms with E-state index in [0.717, 1.165) is 13.1 Å². The Morgan fingerprint density at radius 3 is 1.96 bits per heavy atom. The molecule has 0 bridgehead atoms. The van der Waals surface area contributed by atoms with Crippen molar-refractivity contribution in [2.45, 2.75) is 26.1 Å². The average Bonchev–Trinajstić information content (AvgIpc) is 2.56. The second-order valence-electron chi connectivity index (χ2n) is 6.04. The lowest BCUT2D eigenvalue weighted by atomic mass is 10.1. The second-order valence-corrected chi connectivity index (χ2v) is 6.04. The van der Waals surface area contributed by atoms with Crippen LogP contribution in [-0.4, -0.2) is 37.1 Å². The standard InChI is InChI=1S/C20H26N2O2/c1-17(16-24-2)21-20(23)15-22(13-18-9-5-3-6-10-18)14-19-11-7-4-8-12-19/h3-12,17H,13-16H2,1-2H3,(H,21,23). The van der Waals surface area contributed by atoms with Crippen LogP contribution < -0.4 is 5.32 Å². The van der Waals surface area contributed by atoms with Gasteiger partial charge in [0.05, 0.1) is 13.2 Å². The Labute approximate surface area is 144 Å². The topological polar surface area (TPSA) is 41.6 Å². The predicted molar refractivity (Wildman–Crippen MR) is 96.5 cm³/mol. The molecule has 2 aromatic carbocycles. The van der Waals surface area contributed by atoms with Gasteiger partial charge in [-0.05, 0) is 18.1 Å². The van der Waals surface area contributed by atoms with Crippen molar-refractivity contribution in [3.63, 3.8) is 0 Å². The first-order valence-electron chi connectivity index (χ1n) is 8.26. The highest BCUT2D eigenvalue weighted by molar-refractivity contribution is 5.78. The van der Waals surface area contributed by atoms with Crippen molar-refractivity contribution in [1.29, 1.82) is 0 Å². The second kappa shape index (κ2) is 9.85. The van der Waals surface area contributed by atoms with Crippen LogP contribution in [0.2, 0.25) is 0 Å². The molecule has 0 radical (unpaired) electrons. The van der Waals surface area contributed by atoms with Gasteiger partial charge in [-0.1, -0.05) is 60.7 Å². The van der Waals surface area contributed by atoms with Crippen LogP contribution in [-0.2, 0) is 22.6 Å². The molecule has 1 amide bonds. The van der Waals surface area contributed by atoms with Crippen molar-refractivity contribution in [1.82, 2.24) is 10.2 Å². The Morgan fingerprint density at radius 2 is 1.50 bits per heavy atom. The molecule has 0 aliphatic rings. The minimum absolute atomic E-state index is 0.0119. The Bertz CT molecular complexity index is 560. The summed E-state index contributed by atoms with van der Waals surface area (Å²) in [5, 5.41) is 2.98. The Balaban J connectivity index is 2.00. The molecule has 0 fully saturated rings. The van der Waals surface area contributed by atoms with E-state index in [9.17, 15) is 4.79 Å². The summed E-state index contributed by atoms with van der Waals surface area (Å²) in [6.45, 7) is 4.30. The maximum atomic E-state index is 12.3. The van der Waals surface area contributed by atoms with Gasteiger partial charge in [0.25, 0.3) is 0 Å². The Morgan fingerprint density at radius 1 is 1.00 bits per heavy atom. The first kappa shape index (κ1) is 18.2. The molecule has 0 aliphatic heterocycles. The molecular weight excluding hydrogens is 300 g/mol. The molecule has 0 heterocycles. The highest BCUT2D eigenvalue weighted by Crippen LogP contribution is 2.09. The number of carbonyl (C=O) groups excluding carboxylic acids is 1. The van der Waals surface area contributed by atoms with Crippen LogP contribution in [0.25, 0.3) is 0 Å². The number of hydrogen-bond donors (Lipinski definition) is 1. The highest BCUT2D eigenvalue weighted by Gasteiger charge is 2.14. The fourth-order valence-electron chi connectivity index (χ4n) is 2.67. The van der Waals surface area contributed by atoms with Gasteiger partial charge in [-0.15, -0.1) is 0 Å². The number of benzene rings is 2. The van der Waals surface area contributed by atoms with Gasteiger partial charge >= 0.3 is 0 Å². The van der Waals surface area contributed by atoms with Crippen LogP contribution in [0.3, 0.4) is 0 Å². The van der Waals surface area contributed by atoms with E-state index in [1.807, 2.05) is 43.3 Å². The molecule has 0 aliphatic carbocycles. The number of nitrogens with zero attached hydrogens (tertiary/aromatic N) is 1. The molecule has 1 atom stereocenters. The van der Waals surface area contributed by atoms with Crippen LogP contribution in [0.4, 0.5) is 0 Å². The smallest absolute Gasteiger partial charge is 0.234 e. The van der Waals surface area contributed by atoms with Crippen molar-refractivity contribution in [3.8, 4) is 0 Å². The van der Waals surface area contributed by atoms with Crippen LogP contribution in [0, 0.1) is 0 Å². The summed E-state index contributed by atoms with van der Waals surface area (Å²) < 4.78 is 5.07. The van der Waals surface area contributed by atoms with E-state index in [2.05, 4.69) is 34.5 Å². The van der Waals surface area contributed by atoms with E-state index < -0.39 is 0 Å². The van der Waals surface area contributed by atoms with Crippen molar-refractivity contribution in [3.05, 3.63) is 71.8 Å². The van der Waals surface area contributed by atoms with Gasteiger partial charge in [0, 0.05) is 26.2 Å². The fourth-order valence-corrected chi connectivity index (χ4v) is 2.67. The summed E-state index contributed by atoms with van der Waals surface area (Å²) in [4.78, 5) is 14.5. The van der Waals surface area contributed by atoms with Crippen LogP contribution in [0.15, 0.2) is 60.7 Å². The van der Waals surface area contributed by atoms with E-state index in [1.165, 1.54) is 11.1 Å². The third-order valence-corrected chi connectivity index (χ3v) is 3.69. The Hall–Kier alpha value is -2.17. The fraction of sp³-hybridized carbons (Fsp3) is 0.350. The number of methoxy groups -OCH3 is 1. The lowest BCUT2D eigenvalue weighted by molar-refractivity contribution is -0.123. The van der Waals surface area contributed by atoms with Crippen LogP contribution in [0.5, 0.6) is 0 Å². The summed E-state index contributed by atoms with van der Waals surface area (Å²) in [7, 11) is 1.64. The van der Waals surface area contributed by atoms with Crippen molar-refractivity contribution < 1.29 is 9.53 Å². The molecule has 0 saturated carbocycles. The quantitative estimate of drug-likeness (QED) is 0.770. The molecule has 24 heavy (non-hydrogen) atoms. The van der Waals surface area contributed by atoms with E-state index >= 15 is 0 Å². The van der Waals surface area contributed by atoms with E-state index in [-0.39, 0.29) is 11.9 Å². The van der Waals surface area contributed by atoms with E-state index in [0.29, 0.717) is 13.2 Å². The van der Waals surface area contributed by atoms with Gasteiger partial charge in [-0.2, -0.15) is 0 Å². The molecule has 1 N–H and O–H groups in total. The average molecular weight is 326 g/mol. The summed E-state index contributed by atoms with van der Waals surface area (Å²) >= 11 is 0. The zero-order valence-electron chi connectivity index (χ0n) is 14.4. The molecule has 4 nitrogen and oxygen atoms in total. The number of hydrogen-bond acceptors (Lipinski definition) is 3. The molecule has 0 aromatic heterocycles. The molecule has 128 valence electrons. The first-order valence-corrected chi connectivity index (χ1v) is 8.26. The molecule has 2 rings (SSSR count). The molecule has 4 heteroatoms. The molecular formula is C20H26N2O2. The van der Waals surface area contributed by atoms with E-state index in [4.69, 9.17) is 4.74 Å². The SMILES string of the molecule is COCC(C)NC(=O)CN(Cc1ccccc1)Cc1ccccc1. The molecule has 0 spiro atoms. The van der Waals surface area contributed by atoms with Crippen molar-refractivity contribution in [2.75, 3.05) is 20.3 Å². The van der Waals surface area contributed by atoms with Crippen molar-refractivity contribution >= 4 is 5.91 Å². The van der Waals surface area contributed by atoms with Gasteiger partial charge < -0.3 is 10.1 Å². The van der Waals surface area contributed by atoms with Gasteiger partial charge in [-0.3, -0.25) is 9.69 Å². The molecule has 1 unspecified atom stereocenters. The maximum absolute atomic E-state index is 12.3. The molecule has 0 saturated heterocycles. The minimum Gasteiger partial charge on any atom is -0.383 e. The maximum Gasteiger partial charge on any atom is 0.234 e. The third-order valence-electron chi connectivity index (χ3n) is 3.69. The predicted octanol–water partition coefficient (Wildman–Crippen LogP) is 2.84. The monoisotopic (exact) mass is 326 g/mol. The van der Waals surface area contributed by atoms with Crippen LogP contribution in [0.1, 0.15) is 18.1 Å². The minimum atomic E-state index is 0.0119.